The van der Waals surface area contributed by atoms with E-state index >= 15 is 0 Å². The second kappa shape index (κ2) is 5.27. The van der Waals surface area contributed by atoms with Crippen LogP contribution in [0.3, 0.4) is 0 Å². The minimum Gasteiger partial charge on any atom is -0.326 e. The molecule has 2 rings (SSSR count). The summed E-state index contributed by atoms with van der Waals surface area (Å²) in [5.74, 6) is 1.20. The molecule has 0 amide bonds. The molecule has 0 bridgehead atoms. The fourth-order valence-electron chi connectivity index (χ4n) is 1.81. The number of aryl methyl sites for hydroxylation is 1. The first-order valence-corrected chi connectivity index (χ1v) is 6.25. The maximum atomic E-state index is 5.60. The molecule has 0 radical (unpaired) electrons. The summed E-state index contributed by atoms with van der Waals surface area (Å²) in [6.07, 6.45) is 0. The van der Waals surface area contributed by atoms with Crippen molar-refractivity contribution in [2.75, 3.05) is 0 Å². The van der Waals surface area contributed by atoms with Crippen LogP contribution in [0.4, 0.5) is 0 Å². The van der Waals surface area contributed by atoms with Gasteiger partial charge in [-0.3, -0.25) is 0 Å². The first-order valence-electron chi connectivity index (χ1n) is 6.25. The Bertz CT molecular complexity index is 530. The monoisotopic (exact) mass is 241 g/mol. The molecule has 0 saturated heterocycles. The van der Waals surface area contributed by atoms with Crippen LogP contribution in [0.5, 0.6) is 0 Å². The van der Waals surface area contributed by atoms with Gasteiger partial charge >= 0.3 is 0 Å². The van der Waals surface area contributed by atoms with Gasteiger partial charge in [-0.2, -0.15) is 0 Å². The van der Waals surface area contributed by atoms with E-state index in [4.69, 9.17) is 5.73 Å². The molecule has 0 atom stereocenters. The lowest BCUT2D eigenvalue weighted by atomic mass is 10.1. The fraction of sp³-hybridized carbons (Fsp3) is 0.333. The highest BCUT2D eigenvalue weighted by molar-refractivity contribution is 5.55. The van der Waals surface area contributed by atoms with Crippen LogP contribution in [0, 0.1) is 6.92 Å². The zero-order valence-corrected chi connectivity index (χ0v) is 11.1. The maximum Gasteiger partial charge on any atom is 0.159 e. The summed E-state index contributed by atoms with van der Waals surface area (Å²) in [6, 6.07) is 10.1. The molecule has 0 saturated carbocycles. The Labute approximate surface area is 108 Å². The predicted molar refractivity (Wildman–Crippen MR) is 74.2 cm³/mol. The van der Waals surface area contributed by atoms with Crippen molar-refractivity contribution >= 4 is 0 Å². The maximum absolute atomic E-state index is 5.60. The fourth-order valence-corrected chi connectivity index (χ4v) is 1.81. The molecule has 1 heterocycles. The molecular weight excluding hydrogens is 222 g/mol. The Hall–Kier alpha value is -1.74. The highest BCUT2D eigenvalue weighted by atomic mass is 14.9. The number of nitrogens with two attached hydrogens (primary N) is 1. The summed E-state index contributed by atoms with van der Waals surface area (Å²) in [5.41, 5.74) is 9.85. The van der Waals surface area contributed by atoms with E-state index in [1.807, 2.05) is 37.3 Å². The van der Waals surface area contributed by atoms with Crippen LogP contribution in [-0.4, -0.2) is 9.97 Å². The molecule has 1 aromatic heterocycles. The molecule has 2 aromatic rings. The van der Waals surface area contributed by atoms with E-state index in [1.165, 1.54) is 0 Å². The standard InChI is InChI=1S/C15H19N3/c1-10(2)14-8-11(3)17-15(18-14)13-6-4-12(9-16)5-7-13/h4-8,10H,9,16H2,1-3H3. The minimum absolute atomic E-state index is 0.411. The summed E-state index contributed by atoms with van der Waals surface area (Å²) in [7, 11) is 0. The van der Waals surface area contributed by atoms with Crippen molar-refractivity contribution in [3.8, 4) is 11.4 Å². The normalized spacial score (nSPS) is 10.9. The summed E-state index contributed by atoms with van der Waals surface area (Å²) in [6.45, 7) is 6.85. The first-order chi connectivity index (χ1) is 8.60. The number of hydrogen-bond donors (Lipinski definition) is 1. The van der Waals surface area contributed by atoms with Gasteiger partial charge in [0.25, 0.3) is 0 Å². The van der Waals surface area contributed by atoms with E-state index in [2.05, 4.69) is 23.8 Å². The van der Waals surface area contributed by atoms with Gasteiger partial charge in [0.15, 0.2) is 5.82 Å². The van der Waals surface area contributed by atoms with Crippen molar-refractivity contribution in [1.82, 2.24) is 9.97 Å². The molecule has 18 heavy (non-hydrogen) atoms. The third-order valence-electron chi connectivity index (χ3n) is 2.91. The van der Waals surface area contributed by atoms with Crippen molar-refractivity contribution in [3.63, 3.8) is 0 Å². The minimum atomic E-state index is 0.411. The number of aromatic nitrogens is 2. The van der Waals surface area contributed by atoms with Crippen molar-refractivity contribution in [3.05, 3.63) is 47.3 Å². The third kappa shape index (κ3) is 2.74. The molecule has 0 unspecified atom stereocenters. The van der Waals surface area contributed by atoms with E-state index in [0.29, 0.717) is 12.5 Å². The Morgan fingerprint density at radius 2 is 1.78 bits per heavy atom. The SMILES string of the molecule is Cc1cc(C(C)C)nc(-c2ccc(CN)cc2)n1. The quantitative estimate of drug-likeness (QED) is 0.898. The third-order valence-corrected chi connectivity index (χ3v) is 2.91. The van der Waals surface area contributed by atoms with Crippen molar-refractivity contribution in [2.24, 2.45) is 5.73 Å². The van der Waals surface area contributed by atoms with E-state index in [0.717, 1.165) is 28.3 Å². The smallest absolute Gasteiger partial charge is 0.159 e. The van der Waals surface area contributed by atoms with Crippen molar-refractivity contribution < 1.29 is 0 Å². The molecule has 94 valence electrons. The average Bonchev–Trinajstić information content (AvgIpc) is 2.38. The molecular formula is C15H19N3. The van der Waals surface area contributed by atoms with Crippen LogP contribution in [0.1, 0.15) is 36.7 Å². The molecule has 0 fully saturated rings. The van der Waals surface area contributed by atoms with Crippen LogP contribution >= 0.6 is 0 Å². The van der Waals surface area contributed by atoms with Gasteiger partial charge in [-0.05, 0) is 24.5 Å². The lowest BCUT2D eigenvalue weighted by Gasteiger charge is -2.09. The summed E-state index contributed by atoms with van der Waals surface area (Å²) >= 11 is 0. The molecule has 3 nitrogen and oxygen atoms in total. The average molecular weight is 241 g/mol. The van der Waals surface area contributed by atoms with Gasteiger partial charge in [-0.1, -0.05) is 38.1 Å². The molecule has 2 N–H and O–H groups in total. The van der Waals surface area contributed by atoms with Crippen molar-refractivity contribution in [1.29, 1.82) is 0 Å². The number of hydrogen-bond acceptors (Lipinski definition) is 3. The van der Waals surface area contributed by atoms with Crippen LogP contribution < -0.4 is 5.73 Å². The molecule has 0 aliphatic heterocycles. The Morgan fingerprint density at radius 1 is 1.11 bits per heavy atom. The van der Waals surface area contributed by atoms with Gasteiger partial charge in [0.05, 0.1) is 0 Å². The topological polar surface area (TPSA) is 51.8 Å². The molecule has 0 aliphatic carbocycles. The van der Waals surface area contributed by atoms with E-state index in [1.54, 1.807) is 0 Å². The Kier molecular flexibility index (Phi) is 3.72. The zero-order valence-electron chi connectivity index (χ0n) is 11.1. The Morgan fingerprint density at radius 3 is 2.33 bits per heavy atom. The van der Waals surface area contributed by atoms with Crippen LogP contribution in [0.25, 0.3) is 11.4 Å². The lowest BCUT2D eigenvalue weighted by molar-refractivity contribution is 0.812. The lowest BCUT2D eigenvalue weighted by Crippen LogP contribution is -2.00. The molecule has 0 spiro atoms. The summed E-state index contributed by atoms with van der Waals surface area (Å²) < 4.78 is 0. The van der Waals surface area contributed by atoms with Crippen molar-refractivity contribution in [2.45, 2.75) is 33.2 Å². The highest BCUT2D eigenvalue weighted by Gasteiger charge is 2.07. The zero-order chi connectivity index (χ0) is 13.1. The van der Waals surface area contributed by atoms with Crippen LogP contribution in [0.2, 0.25) is 0 Å². The Balaban J connectivity index is 2.42. The predicted octanol–water partition coefficient (Wildman–Crippen LogP) is 3.03. The first kappa shape index (κ1) is 12.7. The van der Waals surface area contributed by atoms with Gasteiger partial charge in [0.1, 0.15) is 0 Å². The van der Waals surface area contributed by atoms with Gasteiger partial charge < -0.3 is 5.73 Å². The second-order valence-corrected chi connectivity index (χ2v) is 4.81. The van der Waals surface area contributed by atoms with E-state index in [9.17, 15) is 0 Å². The van der Waals surface area contributed by atoms with E-state index < -0.39 is 0 Å². The number of rotatable bonds is 3. The van der Waals surface area contributed by atoms with Gasteiger partial charge in [-0.25, -0.2) is 9.97 Å². The summed E-state index contributed by atoms with van der Waals surface area (Å²) in [5, 5.41) is 0. The van der Waals surface area contributed by atoms with E-state index in [-0.39, 0.29) is 0 Å². The summed E-state index contributed by atoms with van der Waals surface area (Å²) in [4.78, 5) is 9.12. The van der Waals surface area contributed by atoms with Gasteiger partial charge in [0.2, 0.25) is 0 Å². The van der Waals surface area contributed by atoms with Crippen LogP contribution in [0.15, 0.2) is 30.3 Å². The number of nitrogens with zero attached hydrogens (tertiary/aromatic N) is 2. The molecule has 3 heteroatoms. The molecule has 1 aromatic carbocycles. The second-order valence-electron chi connectivity index (χ2n) is 4.81. The van der Waals surface area contributed by atoms with Gasteiger partial charge in [0, 0.05) is 23.5 Å². The van der Waals surface area contributed by atoms with Gasteiger partial charge in [-0.15, -0.1) is 0 Å². The highest BCUT2D eigenvalue weighted by Crippen LogP contribution is 2.20. The number of benzene rings is 1. The van der Waals surface area contributed by atoms with Crippen LogP contribution in [-0.2, 0) is 6.54 Å². The largest absolute Gasteiger partial charge is 0.326 e. The molecule has 0 aliphatic rings.